The van der Waals surface area contributed by atoms with Gasteiger partial charge in [0.15, 0.2) is 12.0 Å². The Hall–Kier alpha value is -1.76. The van der Waals surface area contributed by atoms with E-state index < -0.39 is 29.6 Å². The van der Waals surface area contributed by atoms with E-state index in [1.165, 1.54) is 0 Å². The predicted octanol–water partition coefficient (Wildman–Crippen LogP) is 0.703. The van der Waals surface area contributed by atoms with E-state index in [0.29, 0.717) is 5.76 Å². The molecule has 2 rings (SSSR count). The van der Waals surface area contributed by atoms with E-state index in [0.717, 1.165) is 4.90 Å². The number of hydrogen-bond donors (Lipinski definition) is 2. The lowest BCUT2D eigenvalue weighted by Crippen LogP contribution is -2.59. The molecule has 1 saturated heterocycles. The first-order chi connectivity index (χ1) is 8.27. The summed E-state index contributed by atoms with van der Waals surface area (Å²) in [5.74, 6) is -0.829. The van der Waals surface area contributed by atoms with Gasteiger partial charge in [0.2, 0.25) is 5.91 Å². The van der Waals surface area contributed by atoms with Crippen LogP contribution in [0.5, 0.6) is 0 Å². The van der Waals surface area contributed by atoms with Gasteiger partial charge in [-0.25, -0.2) is 9.69 Å². The maximum Gasteiger partial charge on any atom is 0.512 e. The topological polar surface area (TPSA) is 96.3 Å². The summed E-state index contributed by atoms with van der Waals surface area (Å²) >= 11 is 0. The van der Waals surface area contributed by atoms with E-state index >= 15 is 0 Å². The Kier molecular flexibility index (Phi) is 2.73. The smallest absolute Gasteiger partial charge is 0.467 e. The van der Waals surface area contributed by atoms with Crippen molar-refractivity contribution >= 4 is 12.1 Å². The molecule has 2 N–H and O–H groups in total. The van der Waals surface area contributed by atoms with Crippen LogP contribution < -0.4 is 0 Å². The van der Waals surface area contributed by atoms with Crippen molar-refractivity contribution in [3.05, 3.63) is 11.6 Å². The molecule has 0 aromatic rings. The molecule has 1 fully saturated rings. The number of carbonyl (C=O) groups excluding carboxylic acids is 1. The highest BCUT2D eigenvalue weighted by atomic mass is 16.7. The summed E-state index contributed by atoms with van der Waals surface area (Å²) in [7, 11) is 0. The summed E-state index contributed by atoms with van der Waals surface area (Å²) in [4.78, 5) is 23.5. The maximum atomic E-state index is 11.7. The number of fused-ring (bicyclic) bond motifs is 1. The average molecular weight is 257 g/mol. The van der Waals surface area contributed by atoms with Gasteiger partial charge in [0.05, 0.1) is 6.61 Å². The number of rotatable bonds is 2. The third kappa shape index (κ3) is 1.71. The number of hydrogen-bond acceptors (Lipinski definition) is 5. The lowest BCUT2D eigenvalue weighted by Gasteiger charge is -2.39. The molecule has 0 radical (unpaired) electrons. The van der Waals surface area contributed by atoms with Gasteiger partial charge in [0.25, 0.3) is 5.88 Å². The summed E-state index contributed by atoms with van der Waals surface area (Å²) < 4.78 is 10.2. The van der Waals surface area contributed by atoms with Crippen molar-refractivity contribution in [1.82, 2.24) is 4.90 Å². The molecule has 0 aliphatic carbocycles. The van der Waals surface area contributed by atoms with Gasteiger partial charge in [-0.1, -0.05) is 20.8 Å². The predicted molar refractivity (Wildman–Crippen MR) is 57.9 cm³/mol. The number of carboxylic acid groups (broad SMARTS) is 1. The molecule has 2 heterocycles. The maximum absolute atomic E-state index is 11.7. The first-order valence-corrected chi connectivity index (χ1v) is 5.53. The van der Waals surface area contributed by atoms with Crippen molar-refractivity contribution < 1.29 is 29.3 Å². The molecule has 18 heavy (non-hydrogen) atoms. The van der Waals surface area contributed by atoms with Crippen LogP contribution in [0, 0.1) is 11.3 Å². The normalized spacial score (nSPS) is 26.7. The molecule has 1 amide bonds. The Morgan fingerprint density at radius 1 is 1.50 bits per heavy atom. The van der Waals surface area contributed by atoms with E-state index in [1.54, 1.807) is 0 Å². The molecule has 2 aliphatic rings. The van der Waals surface area contributed by atoms with Crippen LogP contribution >= 0.6 is 0 Å². The van der Waals surface area contributed by atoms with E-state index in [2.05, 4.69) is 4.74 Å². The lowest BCUT2D eigenvalue weighted by atomic mass is 9.94. The molecular weight excluding hydrogens is 242 g/mol. The molecule has 2 aliphatic heterocycles. The SMILES string of the molecule is CC(C)(C)C1=C(OC(=O)O)N2C(=O)C(CO)C2O1. The summed E-state index contributed by atoms with van der Waals surface area (Å²) in [5, 5.41) is 17.8. The highest BCUT2D eigenvalue weighted by molar-refractivity contribution is 5.88. The summed E-state index contributed by atoms with van der Waals surface area (Å²) in [6.07, 6.45) is -2.16. The number of carbonyl (C=O) groups is 2. The highest BCUT2D eigenvalue weighted by Gasteiger charge is 2.58. The minimum absolute atomic E-state index is 0.0882. The molecule has 2 unspecified atom stereocenters. The second kappa shape index (κ2) is 3.88. The second-order valence-electron chi connectivity index (χ2n) is 5.26. The van der Waals surface area contributed by atoms with Crippen LogP contribution in [0.15, 0.2) is 11.6 Å². The highest BCUT2D eigenvalue weighted by Crippen LogP contribution is 2.45. The molecule has 0 saturated carbocycles. The van der Waals surface area contributed by atoms with Crippen molar-refractivity contribution in [2.45, 2.75) is 27.0 Å². The van der Waals surface area contributed by atoms with E-state index in [1.807, 2.05) is 20.8 Å². The van der Waals surface area contributed by atoms with Crippen molar-refractivity contribution in [2.24, 2.45) is 11.3 Å². The molecule has 7 nitrogen and oxygen atoms in total. The Bertz CT molecular complexity index is 435. The van der Waals surface area contributed by atoms with Gasteiger partial charge in [-0.15, -0.1) is 0 Å². The fourth-order valence-corrected chi connectivity index (χ4v) is 2.00. The fraction of sp³-hybridized carbons (Fsp3) is 0.636. The van der Waals surface area contributed by atoms with Gasteiger partial charge in [-0.3, -0.25) is 4.79 Å². The molecule has 0 bridgehead atoms. The lowest BCUT2D eigenvalue weighted by molar-refractivity contribution is -0.177. The van der Waals surface area contributed by atoms with Crippen LogP contribution in [0.3, 0.4) is 0 Å². The largest absolute Gasteiger partial charge is 0.512 e. The standard InChI is InChI=1S/C11H15NO6/c1-11(2,3)6-9(18-10(15)16)12-7(14)5(4-13)8(12)17-6/h5,8,13H,4H2,1-3H3,(H,15,16). The third-order valence-electron chi connectivity index (χ3n) is 2.87. The zero-order chi connectivity index (χ0) is 13.7. The van der Waals surface area contributed by atoms with E-state index in [4.69, 9.17) is 14.9 Å². The fourth-order valence-electron chi connectivity index (χ4n) is 2.00. The van der Waals surface area contributed by atoms with Gasteiger partial charge in [0.1, 0.15) is 5.92 Å². The van der Waals surface area contributed by atoms with Crippen LogP contribution in [0.1, 0.15) is 20.8 Å². The summed E-state index contributed by atoms with van der Waals surface area (Å²) in [6.45, 7) is 5.12. The van der Waals surface area contributed by atoms with E-state index in [9.17, 15) is 9.59 Å². The number of aliphatic hydroxyl groups excluding tert-OH is 1. The Morgan fingerprint density at radius 2 is 2.11 bits per heavy atom. The van der Waals surface area contributed by atoms with Gasteiger partial charge in [-0.2, -0.15) is 0 Å². The summed E-state index contributed by atoms with van der Waals surface area (Å²) in [5.41, 5.74) is -0.498. The number of allylic oxidation sites excluding steroid dienone is 1. The Labute approximate surface area is 104 Å². The van der Waals surface area contributed by atoms with Crippen molar-refractivity contribution in [1.29, 1.82) is 0 Å². The number of ether oxygens (including phenoxy) is 2. The zero-order valence-corrected chi connectivity index (χ0v) is 10.3. The van der Waals surface area contributed by atoms with Gasteiger partial charge < -0.3 is 19.7 Å². The van der Waals surface area contributed by atoms with Crippen LogP contribution in [-0.4, -0.2) is 40.0 Å². The number of amides is 1. The number of β-lactam (4-membered cyclic amide) rings is 1. The molecule has 7 heteroatoms. The molecule has 0 spiro atoms. The molecule has 0 aromatic carbocycles. The quantitative estimate of drug-likeness (QED) is 0.558. The summed E-state index contributed by atoms with van der Waals surface area (Å²) in [6, 6.07) is 0. The van der Waals surface area contributed by atoms with Crippen LogP contribution in [0.25, 0.3) is 0 Å². The van der Waals surface area contributed by atoms with Crippen LogP contribution in [0.4, 0.5) is 4.79 Å². The first kappa shape index (κ1) is 12.7. The second-order valence-corrected chi connectivity index (χ2v) is 5.26. The van der Waals surface area contributed by atoms with Crippen molar-refractivity contribution in [3.8, 4) is 0 Å². The number of nitrogens with zero attached hydrogens (tertiary/aromatic N) is 1. The van der Waals surface area contributed by atoms with E-state index in [-0.39, 0.29) is 12.5 Å². The van der Waals surface area contributed by atoms with Crippen molar-refractivity contribution in [2.75, 3.05) is 6.61 Å². The average Bonchev–Trinajstić information content (AvgIpc) is 2.52. The zero-order valence-electron chi connectivity index (χ0n) is 10.3. The van der Waals surface area contributed by atoms with Crippen LogP contribution in [-0.2, 0) is 14.3 Å². The Morgan fingerprint density at radius 3 is 2.56 bits per heavy atom. The number of aliphatic hydroxyl groups is 1. The van der Waals surface area contributed by atoms with Crippen LogP contribution in [0.2, 0.25) is 0 Å². The monoisotopic (exact) mass is 257 g/mol. The Balaban J connectivity index is 2.34. The third-order valence-corrected chi connectivity index (χ3v) is 2.87. The van der Waals surface area contributed by atoms with Crippen molar-refractivity contribution in [3.63, 3.8) is 0 Å². The minimum atomic E-state index is -1.50. The minimum Gasteiger partial charge on any atom is -0.467 e. The van der Waals surface area contributed by atoms with Gasteiger partial charge in [0, 0.05) is 5.41 Å². The molecule has 0 aromatic heterocycles. The first-order valence-electron chi connectivity index (χ1n) is 5.53. The van der Waals surface area contributed by atoms with Gasteiger partial charge in [-0.05, 0) is 0 Å². The molecular formula is C11H15NO6. The molecule has 100 valence electrons. The van der Waals surface area contributed by atoms with Gasteiger partial charge >= 0.3 is 6.16 Å². The molecule has 2 atom stereocenters.